The van der Waals surface area contributed by atoms with E-state index in [0.717, 1.165) is 5.56 Å². The van der Waals surface area contributed by atoms with Crippen molar-refractivity contribution in [3.05, 3.63) is 35.9 Å². The van der Waals surface area contributed by atoms with Crippen molar-refractivity contribution in [2.45, 2.75) is 13.8 Å². The van der Waals surface area contributed by atoms with Crippen LogP contribution in [0.4, 0.5) is 0 Å². The number of aliphatic imine (C=N–C) groups is 1. The second kappa shape index (κ2) is 7.44. The van der Waals surface area contributed by atoms with E-state index in [0.29, 0.717) is 19.1 Å². The van der Waals surface area contributed by atoms with Crippen LogP contribution in [-0.4, -0.2) is 31.6 Å². The third-order valence-corrected chi connectivity index (χ3v) is 1.96. The Morgan fingerprint density at radius 2 is 1.76 bits per heavy atom. The zero-order chi connectivity index (χ0) is 12.5. The quantitative estimate of drug-likeness (QED) is 0.445. The van der Waals surface area contributed by atoms with Gasteiger partial charge >= 0.3 is 5.97 Å². The Labute approximate surface area is 101 Å². The van der Waals surface area contributed by atoms with Crippen LogP contribution >= 0.6 is 0 Å². The molecule has 92 valence electrons. The molecule has 1 rings (SSSR count). The third kappa shape index (κ3) is 4.68. The van der Waals surface area contributed by atoms with E-state index in [1.165, 1.54) is 0 Å². The minimum Gasteiger partial charge on any atom is -0.478 e. The molecule has 0 radical (unpaired) electrons. The second-order valence-electron chi connectivity index (χ2n) is 3.23. The van der Waals surface area contributed by atoms with Crippen molar-refractivity contribution in [1.29, 1.82) is 0 Å². The van der Waals surface area contributed by atoms with E-state index >= 15 is 0 Å². The highest BCUT2D eigenvalue weighted by Crippen LogP contribution is 2.03. The molecule has 17 heavy (non-hydrogen) atoms. The normalized spacial score (nSPS) is 11.1. The zero-order valence-corrected chi connectivity index (χ0v) is 10.2. The van der Waals surface area contributed by atoms with E-state index in [-0.39, 0.29) is 12.5 Å². The maximum absolute atomic E-state index is 11.2. The lowest BCUT2D eigenvalue weighted by atomic mass is 10.2. The van der Waals surface area contributed by atoms with Crippen molar-refractivity contribution in [3.8, 4) is 0 Å². The molecule has 0 N–H and O–H groups in total. The van der Waals surface area contributed by atoms with Crippen LogP contribution in [0.3, 0.4) is 0 Å². The van der Waals surface area contributed by atoms with E-state index in [1.807, 2.05) is 37.3 Å². The highest BCUT2D eigenvalue weighted by Gasteiger charge is 2.05. The fourth-order valence-electron chi connectivity index (χ4n) is 1.28. The number of rotatable bonds is 5. The Balaban J connectivity index is 2.72. The maximum atomic E-state index is 11.2. The predicted octanol–water partition coefficient (Wildman–Crippen LogP) is 2.03. The Morgan fingerprint density at radius 3 is 2.35 bits per heavy atom. The van der Waals surface area contributed by atoms with Crippen LogP contribution in [0, 0.1) is 0 Å². The summed E-state index contributed by atoms with van der Waals surface area (Å²) < 4.78 is 10.2. The number of hydrogen-bond acceptors (Lipinski definition) is 4. The molecular formula is C13H17NO3. The van der Waals surface area contributed by atoms with Gasteiger partial charge in [0.25, 0.3) is 0 Å². The summed E-state index contributed by atoms with van der Waals surface area (Å²) in [5.41, 5.74) is 0.860. The van der Waals surface area contributed by atoms with Gasteiger partial charge in [0.15, 0.2) is 0 Å². The molecular weight excluding hydrogens is 218 g/mol. The molecule has 0 aliphatic heterocycles. The fourth-order valence-corrected chi connectivity index (χ4v) is 1.28. The molecule has 0 unspecified atom stereocenters. The van der Waals surface area contributed by atoms with Crippen LogP contribution in [0.15, 0.2) is 35.3 Å². The first-order chi connectivity index (χ1) is 8.27. The zero-order valence-electron chi connectivity index (χ0n) is 10.2. The number of hydrogen-bond donors (Lipinski definition) is 0. The van der Waals surface area contributed by atoms with Gasteiger partial charge in [-0.2, -0.15) is 0 Å². The number of benzene rings is 1. The molecule has 0 saturated carbocycles. The minimum atomic E-state index is -0.347. The van der Waals surface area contributed by atoms with Crippen LogP contribution in [-0.2, 0) is 14.3 Å². The summed E-state index contributed by atoms with van der Waals surface area (Å²) in [4.78, 5) is 15.3. The SMILES string of the molecule is CCOC(=O)CN=C(OCC)c1ccccc1. The molecule has 0 aliphatic rings. The van der Waals surface area contributed by atoms with Crippen LogP contribution in [0.5, 0.6) is 0 Å². The maximum Gasteiger partial charge on any atom is 0.327 e. The summed E-state index contributed by atoms with van der Waals surface area (Å²) in [6, 6.07) is 9.49. The van der Waals surface area contributed by atoms with E-state index < -0.39 is 0 Å². The molecule has 0 aliphatic carbocycles. The molecule has 0 fully saturated rings. The Morgan fingerprint density at radius 1 is 1.12 bits per heavy atom. The van der Waals surface area contributed by atoms with Crippen LogP contribution < -0.4 is 0 Å². The number of esters is 1. The van der Waals surface area contributed by atoms with Gasteiger partial charge < -0.3 is 9.47 Å². The lowest BCUT2D eigenvalue weighted by molar-refractivity contribution is -0.141. The van der Waals surface area contributed by atoms with Gasteiger partial charge in [-0.05, 0) is 26.0 Å². The summed E-state index contributed by atoms with van der Waals surface area (Å²) in [5, 5.41) is 0. The van der Waals surface area contributed by atoms with Gasteiger partial charge in [-0.15, -0.1) is 0 Å². The first-order valence-electron chi connectivity index (χ1n) is 5.66. The molecule has 1 aromatic carbocycles. The highest BCUT2D eigenvalue weighted by molar-refractivity contribution is 5.95. The van der Waals surface area contributed by atoms with E-state index in [9.17, 15) is 4.79 Å². The van der Waals surface area contributed by atoms with E-state index in [1.54, 1.807) is 6.92 Å². The van der Waals surface area contributed by atoms with Gasteiger partial charge in [-0.25, -0.2) is 4.99 Å². The molecule has 0 saturated heterocycles. The Kier molecular flexibility index (Phi) is 5.79. The standard InChI is InChI=1S/C13H17NO3/c1-3-16-12(15)10-14-13(17-4-2)11-8-6-5-7-9-11/h5-9H,3-4,10H2,1-2H3. The Hall–Kier alpha value is -1.84. The highest BCUT2D eigenvalue weighted by atomic mass is 16.5. The minimum absolute atomic E-state index is 0.0158. The summed E-state index contributed by atoms with van der Waals surface area (Å²) in [5.74, 6) is 0.127. The van der Waals surface area contributed by atoms with Gasteiger partial charge in [0.1, 0.15) is 6.54 Å². The van der Waals surface area contributed by atoms with Gasteiger partial charge in [-0.3, -0.25) is 4.79 Å². The van der Waals surface area contributed by atoms with E-state index in [4.69, 9.17) is 9.47 Å². The number of carbonyl (C=O) groups is 1. The van der Waals surface area contributed by atoms with Gasteiger partial charge in [0.2, 0.25) is 5.90 Å². The lowest BCUT2D eigenvalue weighted by Gasteiger charge is -2.07. The van der Waals surface area contributed by atoms with Crippen LogP contribution in [0.1, 0.15) is 19.4 Å². The van der Waals surface area contributed by atoms with Crippen molar-refractivity contribution >= 4 is 11.9 Å². The smallest absolute Gasteiger partial charge is 0.327 e. The Bertz CT molecular complexity index is 374. The van der Waals surface area contributed by atoms with Crippen molar-refractivity contribution in [3.63, 3.8) is 0 Å². The third-order valence-electron chi connectivity index (χ3n) is 1.96. The second-order valence-corrected chi connectivity index (χ2v) is 3.23. The average molecular weight is 235 g/mol. The topological polar surface area (TPSA) is 47.9 Å². The largest absolute Gasteiger partial charge is 0.478 e. The molecule has 4 heteroatoms. The van der Waals surface area contributed by atoms with Crippen LogP contribution in [0.25, 0.3) is 0 Å². The number of nitrogens with zero attached hydrogens (tertiary/aromatic N) is 1. The number of carbonyl (C=O) groups excluding carboxylic acids is 1. The van der Waals surface area contributed by atoms with Crippen LogP contribution in [0.2, 0.25) is 0 Å². The molecule has 4 nitrogen and oxygen atoms in total. The average Bonchev–Trinajstić information content (AvgIpc) is 2.36. The van der Waals surface area contributed by atoms with Crippen molar-refractivity contribution < 1.29 is 14.3 Å². The van der Waals surface area contributed by atoms with Crippen molar-refractivity contribution in [1.82, 2.24) is 0 Å². The van der Waals surface area contributed by atoms with Crippen molar-refractivity contribution in [2.75, 3.05) is 19.8 Å². The van der Waals surface area contributed by atoms with Gasteiger partial charge in [-0.1, -0.05) is 18.2 Å². The number of ether oxygens (including phenoxy) is 2. The van der Waals surface area contributed by atoms with Crippen molar-refractivity contribution in [2.24, 2.45) is 4.99 Å². The molecule has 1 aromatic rings. The molecule has 0 bridgehead atoms. The van der Waals surface area contributed by atoms with E-state index in [2.05, 4.69) is 4.99 Å². The van der Waals surface area contributed by atoms with Gasteiger partial charge in [0.05, 0.1) is 13.2 Å². The predicted molar refractivity (Wildman–Crippen MR) is 66.1 cm³/mol. The fraction of sp³-hybridized carbons (Fsp3) is 0.385. The first-order valence-corrected chi connectivity index (χ1v) is 5.66. The summed E-state index contributed by atoms with van der Waals surface area (Å²) >= 11 is 0. The molecule has 0 amide bonds. The van der Waals surface area contributed by atoms with Gasteiger partial charge in [0, 0.05) is 5.56 Å². The molecule has 0 heterocycles. The molecule has 0 aromatic heterocycles. The monoisotopic (exact) mass is 235 g/mol. The molecule has 0 atom stereocenters. The lowest BCUT2D eigenvalue weighted by Crippen LogP contribution is -2.13. The summed E-state index contributed by atoms with van der Waals surface area (Å²) in [6.07, 6.45) is 0. The summed E-state index contributed by atoms with van der Waals surface area (Å²) in [6.45, 7) is 4.50. The first kappa shape index (κ1) is 13.2. The summed E-state index contributed by atoms with van der Waals surface area (Å²) in [7, 11) is 0. The molecule has 0 spiro atoms.